The zero-order valence-corrected chi connectivity index (χ0v) is 14.8. The number of alkyl halides is 3. The van der Waals surface area contributed by atoms with Crippen molar-refractivity contribution >= 4 is 22.4 Å². The van der Waals surface area contributed by atoms with Gasteiger partial charge < -0.3 is 10.1 Å². The van der Waals surface area contributed by atoms with Crippen molar-refractivity contribution in [1.82, 2.24) is 9.78 Å². The van der Waals surface area contributed by atoms with Crippen LogP contribution in [0.3, 0.4) is 0 Å². The number of fused-ring (bicyclic) bond motifs is 1. The molecule has 0 atom stereocenters. The van der Waals surface area contributed by atoms with Gasteiger partial charge >= 0.3 is 6.36 Å². The van der Waals surface area contributed by atoms with E-state index in [0.717, 1.165) is 6.07 Å². The van der Waals surface area contributed by atoms with E-state index in [-0.39, 0.29) is 16.9 Å². The van der Waals surface area contributed by atoms with Gasteiger partial charge in [-0.1, -0.05) is 37.3 Å². The molecule has 3 rings (SSSR count). The number of benzene rings is 2. The second-order valence-corrected chi connectivity index (χ2v) is 5.92. The van der Waals surface area contributed by atoms with Crippen LogP contribution in [0.15, 0.2) is 53.3 Å². The van der Waals surface area contributed by atoms with E-state index < -0.39 is 18.0 Å². The van der Waals surface area contributed by atoms with Gasteiger partial charge in [0.15, 0.2) is 11.4 Å². The average Bonchev–Trinajstić information content (AvgIpc) is 2.64. The number of rotatable bonds is 5. The monoisotopic (exact) mass is 391 g/mol. The maximum Gasteiger partial charge on any atom is 0.573 e. The lowest BCUT2D eigenvalue weighted by Crippen LogP contribution is -2.28. The number of hydrogen-bond acceptors (Lipinski definition) is 4. The van der Waals surface area contributed by atoms with Gasteiger partial charge in [-0.3, -0.25) is 9.59 Å². The van der Waals surface area contributed by atoms with Crippen LogP contribution < -0.4 is 15.6 Å². The Balaban J connectivity index is 2.04. The summed E-state index contributed by atoms with van der Waals surface area (Å²) in [7, 11) is 0. The number of carbonyl (C=O) groups excluding carboxylic acids is 1. The smallest absolute Gasteiger partial charge is 0.404 e. The van der Waals surface area contributed by atoms with Crippen LogP contribution in [0, 0.1) is 0 Å². The molecule has 1 heterocycles. The Morgan fingerprint density at radius 1 is 1.11 bits per heavy atom. The second-order valence-electron chi connectivity index (χ2n) is 5.92. The van der Waals surface area contributed by atoms with Gasteiger partial charge in [-0.25, -0.2) is 4.68 Å². The number of hydrogen-bond donors (Lipinski definition) is 1. The molecule has 28 heavy (non-hydrogen) atoms. The largest absolute Gasteiger partial charge is 0.573 e. The number of anilines is 1. The molecule has 0 aliphatic carbocycles. The molecule has 0 saturated carbocycles. The van der Waals surface area contributed by atoms with Crippen LogP contribution >= 0.6 is 0 Å². The van der Waals surface area contributed by atoms with Gasteiger partial charge in [0.2, 0.25) is 0 Å². The molecular weight excluding hydrogens is 375 g/mol. The van der Waals surface area contributed by atoms with Crippen LogP contribution in [0.25, 0.3) is 10.8 Å². The number of ether oxygens (including phenoxy) is 1. The Morgan fingerprint density at radius 2 is 1.75 bits per heavy atom. The van der Waals surface area contributed by atoms with Gasteiger partial charge in [0.25, 0.3) is 11.5 Å². The molecule has 9 heteroatoms. The SMILES string of the molecule is CCCn1nc(C(=O)Nc2ccccc2OC(F)(F)F)c2ccccc2c1=O. The van der Waals surface area contributed by atoms with Crippen molar-refractivity contribution < 1.29 is 22.7 Å². The van der Waals surface area contributed by atoms with Crippen molar-refractivity contribution in [3.8, 4) is 5.75 Å². The third-order valence-electron chi connectivity index (χ3n) is 3.88. The standard InChI is InChI=1S/C19H16F3N3O3/c1-2-11-25-18(27)13-8-4-3-7-12(13)16(24-25)17(26)23-14-9-5-6-10-15(14)28-19(20,21)22/h3-10H,2,11H2,1H3,(H,23,26). The highest BCUT2D eigenvalue weighted by Gasteiger charge is 2.32. The van der Waals surface area contributed by atoms with Gasteiger partial charge in [-0.2, -0.15) is 5.10 Å². The molecule has 1 amide bonds. The molecule has 2 aromatic carbocycles. The van der Waals surface area contributed by atoms with E-state index in [1.807, 2.05) is 6.92 Å². The average molecular weight is 391 g/mol. The lowest BCUT2D eigenvalue weighted by molar-refractivity contribution is -0.274. The highest BCUT2D eigenvalue weighted by atomic mass is 19.4. The van der Waals surface area contributed by atoms with Crippen LogP contribution in [0.5, 0.6) is 5.75 Å². The van der Waals surface area contributed by atoms with E-state index in [9.17, 15) is 22.8 Å². The first kappa shape index (κ1) is 19.4. The maximum atomic E-state index is 12.8. The molecule has 0 radical (unpaired) electrons. The predicted octanol–water partition coefficient (Wildman–Crippen LogP) is 3.96. The summed E-state index contributed by atoms with van der Waals surface area (Å²) in [5.74, 6) is -1.30. The number of amides is 1. The van der Waals surface area contributed by atoms with E-state index in [0.29, 0.717) is 23.7 Å². The molecule has 3 aromatic rings. The Hall–Kier alpha value is -3.36. The van der Waals surface area contributed by atoms with E-state index in [1.165, 1.54) is 22.9 Å². The van der Waals surface area contributed by atoms with E-state index in [4.69, 9.17) is 0 Å². The van der Waals surface area contributed by atoms with Crippen LogP contribution in [0.2, 0.25) is 0 Å². The van der Waals surface area contributed by atoms with E-state index in [1.54, 1.807) is 24.3 Å². The molecule has 0 unspecified atom stereocenters. The second kappa shape index (κ2) is 7.71. The third kappa shape index (κ3) is 4.13. The topological polar surface area (TPSA) is 73.2 Å². The van der Waals surface area contributed by atoms with Crippen molar-refractivity contribution in [2.75, 3.05) is 5.32 Å². The molecule has 1 aromatic heterocycles. The van der Waals surface area contributed by atoms with Crippen LogP contribution in [-0.4, -0.2) is 22.1 Å². The quantitative estimate of drug-likeness (QED) is 0.715. The summed E-state index contributed by atoms with van der Waals surface area (Å²) < 4.78 is 42.9. The normalized spacial score (nSPS) is 11.4. The van der Waals surface area contributed by atoms with Crippen molar-refractivity contribution in [3.63, 3.8) is 0 Å². The van der Waals surface area contributed by atoms with Gasteiger partial charge in [0.1, 0.15) is 0 Å². The molecule has 0 fully saturated rings. The highest BCUT2D eigenvalue weighted by molar-refractivity contribution is 6.11. The van der Waals surface area contributed by atoms with Gasteiger partial charge in [-0.15, -0.1) is 13.2 Å². The molecule has 146 valence electrons. The van der Waals surface area contributed by atoms with Crippen molar-refractivity contribution in [2.45, 2.75) is 26.3 Å². The molecular formula is C19H16F3N3O3. The highest BCUT2D eigenvalue weighted by Crippen LogP contribution is 2.30. The molecule has 0 bridgehead atoms. The third-order valence-corrected chi connectivity index (χ3v) is 3.88. The summed E-state index contributed by atoms with van der Waals surface area (Å²) in [6.07, 6.45) is -4.28. The summed E-state index contributed by atoms with van der Waals surface area (Å²) in [4.78, 5) is 25.3. The molecule has 0 aliphatic heterocycles. The molecule has 0 aliphatic rings. The summed E-state index contributed by atoms with van der Waals surface area (Å²) >= 11 is 0. The summed E-state index contributed by atoms with van der Waals surface area (Å²) in [6, 6.07) is 11.6. The first-order chi connectivity index (χ1) is 13.3. The Labute approximate surface area is 157 Å². The molecule has 6 nitrogen and oxygen atoms in total. The minimum atomic E-state index is -4.90. The maximum absolute atomic E-state index is 12.8. The van der Waals surface area contributed by atoms with Crippen molar-refractivity contribution in [2.24, 2.45) is 0 Å². The number of carbonyl (C=O) groups is 1. The lowest BCUT2D eigenvalue weighted by Gasteiger charge is -2.14. The molecule has 0 spiro atoms. The fraction of sp³-hybridized carbons (Fsp3) is 0.211. The Bertz CT molecular complexity index is 1080. The van der Waals surface area contributed by atoms with Crippen LogP contribution in [0.4, 0.5) is 18.9 Å². The van der Waals surface area contributed by atoms with Gasteiger partial charge in [0.05, 0.1) is 11.1 Å². The number of halogens is 3. The zero-order valence-electron chi connectivity index (χ0n) is 14.8. The number of nitrogens with one attached hydrogen (secondary N) is 1. The number of nitrogens with zero attached hydrogens (tertiary/aromatic N) is 2. The van der Waals surface area contributed by atoms with E-state index >= 15 is 0 Å². The Morgan fingerprint density at radius 3 is 2.43 bits per heavy atom. The van der Waals surface area contributed by atoms with Gasteiger partial charge in [0, 0.05) is 11.9 Å². The van der Waals surface area contributed by atoms with E-state index in [2.05, 4.69) is 15.2 Å². The number of aryl methyl sites for hydroxylation is 1. The fourth-order valence-corrected chi connectivity index (χ4v) is 2.73. The molecule has 0 saturated heterocycles. The minimum absolute atomic E-state index is 0.0644. The predicted molar refractivity (Wildman–Crippen MR) is 97.4 cm³/mol. The lowest BCUT2D eigenvalue weighted by atomic mass is 10.1. The number of para-hydroxylation sites is 2. The van der Waals surface area contributed by atoms with Gasteiger partial charge in [-0.05, 0) is 24.6 Å². The first-order valence-electron chi connectivity index (χ1n) is 8.46. The van der Waals surface area contributed by atoms with Crippen molar-refractivity contribution in [3.05, 3.63) is 64.6 Å². The summed E-state index contributed by atoms with van der Waals surface area (Å²) in [6.45, 7) is 2.16. The fourth-order valence-electron chi connectivity index (χ4n) is 2.73. The van der Waals surface area contributed by atoms with Crippen LogP contribution in [-0.2, 0) is 6.54 Å². The minimum Gasteiger partial charge on any atom is -0.404 e. The summed E-state index contributed by atoms with van der Waals surface area (Å²) in [5.41, 5.74) is -0.566. The summed E-state index contributed by atoms with van der Waals surface area (Å²) in [5, 5.41) is 7.12. The van der Waals surface area contributed by atoms with Crippen molar-refractivity contribution in [1.29, 1.82) is 0 Å². The molecule has 1 N–H and O–H groups in total. The first-order valence-corrected chi connectivity index (χ1v) is 8.46. The zero-order chi connectivity index (χ0) is 20.3. The number of aromatic nitrogens is 2. The van der Waals surface area contributed by atoms with Crippen LogP contribution in [0.1, 0.15) is 23.8 Å². The Kier molecular flexibility index (Phi) is 5.34.